The molecule has 0 aliphatic heterocycles. The SMILES string of the molecule is Nc1c(C(=O)NCCC2=CCCCC2)c2nc3ccccc3nc2n1/N=C\c1cccnc1. The molecule has 166 valence electrons. The molecule has 33 heavy (non-hydrogen) atoms. The van der Waals surface area contributed by atoms with Crippen molar-refractivity contribution in [1.82, 2.24) is 24.9 Å². The maximum absolute atomic E-state index is 13.2. The number of carbonyl (C=O) groups is 1. The van der Waals surface area contributed by atoms with Gasteiger partial charge in [0, 0.05) is 24.5 Å². The molecular weight excluding hydrogens is 414 g/mol. The van der Waals surface area contributed by atoms with Crippen molar-refractivity contribution in [3.8, 4) is 0 Å². The van der Waals surface area contributed by atoms with Gasteiger partial charge in [-0.2, -0.15) is 9.78 Å². The fourth-order valence-corrected chi connectivity index (χ4v) is 4.12. The second-order valence-electron chi connectivity index (χ2n) is 8.10. The standard InChI is InChI=1S/C25H25N7O/c26-23-21(25(33)28-14-12-17-7-2-1-3-8-17)22-24(31-20-11-5-4-10-19(20)30-22)32(23)29-16-18-9-6-13-27-15-18/h4-7,9-11,13,15-16H,1-3,8,12,14,26H2,(H,28,33)/b29-16-. The van der Waals surface area contributed by atoms with E-state index in [2.05, 4.69) is 21.5 Å². The van der Waals surface area contributed by atoms with Crippen LogP contribution in [0, 0.1) is 0 Å². The van der Waals surface area contributed by atoms with E-state index in [0.29, 0.717) is 34.3 Å². The van der Waals surface area contributed by atoms with Crippen LogP contribution in [0.3, 0.4) is 0 Å². The van der Waals surface area contributed by atoms with E-state index in [0.717, 1.165) is 24.8 Å². The van der Waals surface area contributed by atoms with Crippen LogP contribution in [0.25, 0.3) is 22.2 Å². The summed E-state index contributed by atoms with van der Waals surface area (Å²) in [6.07, 6.45) is 12.9. The van der Waals surface area contributed by atoms with Crippen LogP contribution in [0.2, 0.25) is 0 Å². The summed E-state index contributed by atoms with van der Waals surface area (Å²) < 4.78 is 1.47. The summed E-state index contributed by atoms with van der Waals surface area (Å²) in [6, 6.07) is 11.2. The smallest absolute Gasteiger partial charge is 0.257 e. The summed E-state index contributed by atoms with van der Waals surface area (Å²) in [7, 11) is 0. The molecule has 0 bridgehead atoms. The molecule has 0 saturated heterocycles. The second-order valence-corrected chi connectivity index (χ2v) is 8.10. The Hall–Kier alpha value is -4.07. The molecule has 0 atom stereocenters. The molecule has 1 amide bonds. The predicted molar refractivity (Wildman–Crippen MR) is 130 cm³/mol. The van der Waals surface area contributed by atoms with Gasteiger partial charge in [0.05, 0.1) is 17.2 Å². The van der Waals surface area contributed by atoms with Crippen molar-refractivity contribution >= 4 is 40.1 Å². The molecule has 4 aromatic rings. The zero-order chi connectivity index (χ0) is 22.6. The van der Waals surface area contributed by atoms with Crippen LogP contribution in [0.1, 0.15) is 48.0 Å². The van der Waals surface area contributed by atoms with Gasteiger partial charge in [0.1, 0.15) is 16.9 Å². The van der Waals surface area contributed by atoms with Crippen molar-refractivity contribution in [3.63, 3.8) is 0 Å². The number of para-hydroxylation sites is 2. The minimum atomic E-state index is -0.270. The minimum Gasteiger partial charge on any atom is -0.383 e. The molecule has 3 heterocycles. The molecule has 3 aromatic heterocycles. The first-order valence-corrected chi connectivity index (χ1v) is 11.2. The number of hydrogen-bond donors (Lipinski definition) is 2. The molecule has 8 heteroatoms. The molecule has 0 fully saturated rings. The molecule has 1 aliphatic rings. The Kier molecular flexibility index (Phi) is 5.80. The summed E-state index contributed by atoms with van der Waals surface area (Å²) in [5.74, 6) is -0.0661. The molecule has 5 rings (SSSR count). The van der Waals surface area contributed by atoms with Crippen molar-refractivity contribution in [1.29, 1.82) is 0 Å². The predicted octanol–water partition coefficient (Wildman–Crippen LogP) is 4.06. The van der Waals surface area contributed by atoms with Crippen molar-refractivity contribution in [2.45, 2.75) is 32.1 Å². The number of allylic oxidation sites excluding steroid dienone is 1. The van der Waals surface area contributed by atoms with E-state index in [1.54, 1.807) is 18.6 Å². The average Bonchev–Trinajstić information content (AvgIpc) is 3.12. The van der Waals surface area contributed by atoms with E-state index in [1.165, 1.54) is 23.1 Å². The lowest BCUT2D eigenvalue weighted by Gasteiger charge is -2.12. The number of nitrogen functional groups attached to an aromatic ring is 1. The molecule has 1 aromatic carbocycles. The summed E-state index contributed by atoms with van der Waals surface area (Å²) in [6.45, 7) is 0.552. The highest BCUT2D eigenvalue weighted by molar-refractivity contribution is 6.10. The highest BCUT2D eigenvalue weighted by Crippen LogP contribution is 2.28. The number of hydrogen-bond acceptors (Lipinski definition) is 6. The molecular formula is C25H25N7O. The van der Waals surface area contributed by atoms with Gasteiger partial charge in [-0.05, 0) is 50.3 Å². The van der Waals surface area contributed by atoms with Crippen LogP contribution in [-0.2, 0) is 0 Å². The monoisotopic (exact) mass is 439 g/mol. The number of nitrogens with one attached hydrogen (secondary N) is 1. The topological polar surface area (TPSA) is 111 Å². The number of amides is 1. The Labute approximate surface area is 191 Å². The Morgan fingerprint density at radius 3 is 2.76 bits per heavy atom. The zero-order valence-corrected chi connectivity index (χ0v) is 18.2. The van der Waals surface area contributed by atoms with Gasteiger partial charge >= 0.3 is 0 Å². The van der Waals surface area contributed by atoms with Gasteiger partial charge in [-0.15, -0.1) is 0 Å². The first kappa shape index (κ1) is 20.8. The number of benzene rings is 1. The van der Waals surface area contributed by atoms with Crippen molar-refractivity contribution in [3.05, 3.63) is 71.6 Å². The number of nitrogens with zero attached hydrogens (tertiary/aromatic N) is 5. The van der Waals surface area contributed by atoms with E-state index >= 15 is 0 Å². The van der Waals surface area contributed by atoms with Crippen LogP contribution in [0.5, 0.6) is 0 Å². The van der Waals surface area contributed by atoms with Crippen LogP contribution >= 0.6 is 0 Å². The van der Waals surface area contributed by atoms with Crippen molar-refractivity contribution in [2.75, 3.05) is 12.3 Å². The summed E-state index contributed by atoms with van der Waals surface area (Å²) in [4.78, 5) is 26.7. The summed E-state index contributed by atoms with van der Waals surface area (Å²) >= 11 is 0. The number of aromatic nitrogens is 4. The summed E-state index contributed by atoms with van der Waals surface area (Å²) in [5, 5.41) is 7.51. The van der Waals surface area contributed by atoms with Gasteiger partial charge in [-0.1, -0.05) is 29.8 Å². The van der Waals surface area contributed by atoms with Gasteiger partial charge in [-0.25, -0.2) is 9.97 Å². The number of fused-ring (bicyclic) bond motifs is 2. The van der Waals surface area contributed by atoms with Gasteiger partial charge in [0.25, 0.3) is 5.91 Å². The van der Waals surface area contributed by atoms with Gasteiger partial charge in [-0.3, -0.25) is 9.78 Å². The first-order chi connectivity index (χ1) is 16.2. The highest BCUT2D eigenvalue weighted by Gasteiger charge is 2.24. The fraction of sp³-hybridized carbons (Fsp3) is 0.240. The van der Waals surface area contributed by atoms with E-state index in [-0.39, 0.29) is 11.7 Å². The largest absolute Gasteiger partial charge is 0.383 e. The van der Waals surface area contributed by atoms with Crippen LogP contribution in [-0.4, -0.2) is 38.3 Å². The van der Waals surface area contributed by atoms with Crippen LogP contribution in [0.4, 0.5) is 5.82 Å². The van der Waals surface area contributed by atoms with Gasteiger partial charge in [0.2, 0.25) is 0 Å². The van der Waals surface area contributed by atoms with Crippen molar-refractivity contribution in [2.24, 2.45) is 5.10 Å². The number of carbonyl (C=O) groups excluding carboxylic acids is 1. The average molecular weight is 440 g/mol. The molecule has 1 aliphatic carbocycles. The number of nitrogens with two attached hydrogens (primary N) is 1. The Morgan fingerprint density at radius 2 is 2.00 bits per heavy atom. The van der Waals surface area contributed by atoms with Gasteiger partial charge in [0.15, 0.2) is 5.65 Å². The van der Waals surface area contributed by atoms with Crippen LogP contribution < -0.4 is 11.1 Å². The van der Waals surface area contributed by atoms with E-state index < -0.39 is 0 Å². The lowest BCUT2D eigenvalue weighted by molar-refractivity contribution is 0.0956. The highest BCUT2D eigenvalue weighted by atomic mass is 16.1. The third-order valence-corrected chi connectivity index (χ3v) is 5.82. The fourth-order valence-electron chi connectivity index (χ4n) is 4.12. The molecule has 0 unspecified atom stereocenters. The third kappa shape index (κ3) is 4.32. The van der Waals surface area contributed by atoms with E-state index in [9.17, 15) is 4.79 Å². The lowest BCUT2D eigenvalue weighted by Crippen LogP contribution is -2.25. The van der Waals surface area contributed by atoms with Crippen molar-refractivity contribution < 1.29 is 4.79 Å². The molecule has 3 N–H and O–H groups in total. The van der Waals surface area contributed by atoms with Gasteiger partial charge < -0.3 is 11.1 Å². The maximum Gasteiger partial charge on any atom is 0.257 e. The molecule has 8 nitrogen and oxygen atoms in total. The number of pyridine rings is 1. The number of anilines is 1. The lowest BCUT2D eigenvalue weighted by atomic mass is 9.97. The zero-order valence-electron chi connectivity index (χ0n) is 18.2. The Morgan fingerprint density at radius 1 is 1.15 bits per heavy atom. The molecule has 0 saturated carbocycles. The number of rotatable bonds is 6. The molecule has 0 spiro atoms. The van der Waals surface area contributed by atoms with Crippen LogP contribution in [0.15, 0.2) is 65.5 Å². The second kappa shape index (κ2) is 9.20. The Bertz CT molecular complexity index is 1370. The first-order valence-electron chi connectivity index (χ1n) is 11.2. The van der Waals surface area contributed by atoms with E-state index in [4.69, 9.17) is 15.7 Å². The quantitative estimate of drug-likeness (QED) is 0.348. The minimum absolute atomic E-state index is 0.204. The normalized spacial score (nSPS) is 14.1. The summed E-state index contributed by atoms with van der Waals surface area (Å²) in [5.41, 5.74) is 11.2. The Balaban J connectivity index is 1.52. The molecule has 0 radical (unpaired) electrons. The van der Waals surface area contributed by atoms with E-state index in [1.807, 2.05) is 36.4 Å². The third-order valence-electron chi connectivity index (χ3n) is 5.82. The maximum atomic E-state index is 13.2.